The van der Waals surface area contributed by atoms with Crippen molar-refractivity contribution in [3.8, 4) is 17.2 Å². The number of benzene rings is 2. The summed E-state index contributed by atoms with van der Waals surface area (Å²) in [4.78, 5) is 34.5. The average Bonchev–Trinajstić information content (AvgIpc) is 3.20. The first kappa shape index (κ1) is 26.2. The van der Waals surface area contributed by atoms with Crippen LogP contribution in [0, 0.1) is 0 Å². The number of phenols is 1. The van der Waals surface area contributed by atoms with E-state index >= 15 is 0 Å². The molecule has 1 aliphatic rings. The maximum atomic E-state index is 13.9. The summed E-state index contributed by atoms with van der Waals surface area (Å²) in [6.45, 7) is 8.99. The van der Waals surface area contributed by atoms with Crippen molar-refractivity contribution < 1.29 is 19.4 Å². The fraction of sp³-hybridized carbons (Fsp3) is 0.321. The van der Waals surface area contributed by atoms with Gasteiger partial charge in [-0.2, -0.15) is 0 Å². The van der Waals surface area contributed by atoms with Crippen molar-refractivity contribution >= 4 is 23.3 Å². The van der Waals surface area contributed by atoms with Gasteiger partial charge in [0, 0.05) is 18.7 Å². The number of carbonyl (C=O) groups excluding carboxylic acids is 1. The number of para-hydroxylation sites is 1. The molecule has 9 heteroatoms. The number of allylic oxidation sites excluding steroid dienone is 1. The number of hydrogen-bond acceptors (Lipinski definition) is 7. The van der Waals surface area contributed by atoms with Crippen molar-refractivity contribution in [2.24, 2.45) is 4.99 Å². The Morgan fingerprint density at radius 1 is 1.16 bits per heavy atom. The lowest BCUT2D eigenvalue weighted by molar-refractivity contribution is -0.127. The molecule has 4 rings (SSSR count). The number of methoxy groups -OCH3 is 1. The zero-order valence-corrected chi connectivity index (χ0v) is 22.5. The molecule has 0 bridgehead atoms. The van der Waals surface area contributed by atoms with Gasteiger partial charge in [-0.25, -0.2) is 4.99 Å². The van der Waals surface area contributed by atoms with Crippen LogP contribution in [0.4, 0.5) is 0 Å². The second kappa shape index (κ2) is 11.0. The third-order valence-electron chi connectivity index (χ3n) is 6.32. The van der Waals surface area contributed by atoms with Gasteiger partial charge in [0.05, 0.1) is 29.5 Å². The molecule has 0 aliphatic carbocycles. The van der Waals surface area contributed by atoms with E-state index in [2.05, 4.69) is 0 Å². The van der Waals surface area contributed by atoms with E-state index in [0.717, 1.165) is 0 Å². The van der Waals surface area contributed by atoms with E-state index in [1.807, 2.05) is 52.0 Å². The van der Waals surface area contributed by atoms with Gasteiger partial charge >= 0.3 is 0 Å². The molecule has 2 aromatic carbocycles. The molecular formula is C28H31N3O5S. The number of ether oxygens (including phenoxy) is 2. The first-order chi connectivity index (χ1) is 17.8. The summed E-state index contributed by atoms with van der Waals surface area (Å²) in [7, 11) is 1.58. The highest BCUT2D eigenvalue weighted by atomic mass is 32.1. The molecule has 1 atom stereocenters. The first-order valence-electron chi connectivity index (χ1n) is 12.2. The van der Waals surface area contributed by atoms with Crippen molar-refractivity contribution in [3.63, 3.8) is 0 Å². The van der Waals surface area contributed by atoms with Crippen molar-refractivity contribution in [1.29, 1.82) is 0 Å². The van der Waals surface area contributed by atoms with E-state index in [1.165, 1.54) is 17.4 Å². The fourth-order valence-corrected chi connectivity index (χ4v) is 5.55. The standard InChI is InChI=1S/C28H31N3O5S/c1-6-30(7-2)27(34)24-17(4)29-28-31(25(24)19-11-9-10-12-21(19)35-5)26(33)23(37-28)16-18-13-14-20(32)22(15-18)36-8-3/h9-16,25,32H,6-8H2,1-5H3/b23-16+/t25-/m1/s1. The minimum Gasteiger partial charge on any atom is -0.504 e. The van der Waals surface area contributed by atoms with Crippen molar-refractivity contribution in [2.75, 3.05) is 26.8 Å². The smallest absolute Gasteiger partial charge is 0.271 e. The Hall–Kier alpha value is -3.85. The lowest BCUT2D eigenvalue weighted by Crippen LogP contribution is -2.43. The number of nitrogens with zero attached hydrogens (tertiary/aromatic N) is 3. The molecule has 0 saturated heterocycles. The van der Waals surface area contributed by atoms with E-state index in [1.54, 1.807) is 34.8 Å². The van der Waals surface area contributed by atoms with Gasteiger partial charge in [-0.1, -0.05) is 35.6 Å². The second-order valence-electron chi connectivity index (χ2n) is 8.46. The molecular weight excluding hydrogens is 490 g/mol. The molecule has 8 nitrogen and oxygen atoms in total. The summed E-state index contributed by atoms with van der Waals surface area (Å²) < 4.78 is 13.2. The monoisotopic (exact) mass is 521 g/mol. The van der Waals surface area contributed by atoms with Gasteiger partial charge < -0.3 is 19.5 Å². The highest BCUT2D eigenvalue weighted by Crippen LogP contribution is 2.36. The van der Waals surface area contributed by atoms with Crippen LogP contribution in [0.5, 0.6) is 17.2 Å². The van der Waals surface area contributed by atoms with Gasteiger partial charge in [-0.15, -0.1) is 0 Å². The number of thiazole rings is 1. The number of phenolic OH excluding ortho intramolecular Hbond substituents is 1. The third kappa shape index (κ3) is 4.91. The van der Waals surface area contributed by atoms with Crippen molar-refractivity contribution in [2.45, 2.75) is 33.7 Å². The normalized spacial score (nSPS) is 15.3. The van der Waals surface area contributed by atoms with Crippen LogP contribution in [0.2, 0.25) is 0 Å². The molecule has 0 spiro atoms. The molecule has 2 heterocycles. The summed E-state index contributed by atoms with van der Waals surface area (Å²) in [6.07, 6.45) is 1.75. The fourth-order valence-electron chi connectivity index (χ4n) is 4.51. The lowest BCUT2D eigenvalue weighted by Gasteiger charge is -2.29. The molecule has 1 N–H and O–H groups in total. The maximum Gasteiger partial charge on any atom is 0.271 e. The van der Waals surface area contributed by atoms with E-state index in [4.69, 9.17) is 14.5 Å². The molecule has 1 aliphatic heterocycles. The summed E-state index contributed by atoms with van der Waals surface area (Å²) in [5, 5.41) is 10.1. The summed E-state index contributed by atoms with van der Waals surface area (Å²) in [5.41, 5.74) is 2.18. The minimum absolute atomic E-state index is 0.0341. The van der Waals surface area contributed by atoms with Crippen LogP contribution in [0.1, 0.15) is 44.9 Å². The van der Waals surface area contributed by atoms with E-state index in [0.29, 0.717) is 62.9 Å². The Bertz CT molecular complexity index is 1530. The molecule has 1 amide bonds. The van der Waals surface area contributed by atoms with Crippen LogP contribution < -0.4 is 24.4 Å². The molecule has 194 valence electrons. The highest BCUT2D eigenvalue weighted by molar-refractivity contribution is 7.07. The van der Waals surface area contributed by atoms with Crippen LogP contribution in [-0.2, 0) is 4.79 Å². The predicted octanol–water partition coefficient (Wildman–Crippen LogP) is 3.22. The number of amides is 1. The Kier molecular flexibility index (Phi) is 7.83. The number of hydrogen-bond donors (Lipinski definition) is 1. The van der Waals surface area contributed by atoms with Crippen LogP contribution in [0.15, 0.2) is 63.5 Å². The molecule has 0 saturated carbocycles. The van der Waals surface area contributed by atoms with Crippen LogP contribution in [0.25, 0.3) is 6.08 Å². The zero-order valence-electron chi connectivity index (χ0n) is 21.6. The van der Waals surface area contributed by atoms with Crippen LogP contribution >= 0.6 is 11.3 Å². The average molecular weight is 522 g/mol. The Morgan fingerprint density at radius 2 is 1.89 bits per heavy atom. The molecule has 0 unspecified atom stereocenters. The number of likely N-dealkylation sites (N-methyl/N-ethyl adjacent to an activating group) is 1. The van der Waals surface area contributed by atoms with Gasteiger partial charge in [0.2, 0.25) is 0 Å². The van der Waals surface area contributed by atoms with Crippen LogP contribution in [0.3, 0.4) is 0 Å². The maximum absolute atomic E-state index is 13.9. The van der Waals surface area contributed by atoms with E-state index in [9.17, 15) is 14.7 Å². The van der Waals surface area contributed by atoms with Gasteiger partial charge in [0.1, 0.15) is 11.8 Å². The van der Waals surface area contributed by atoms with Gasteiger partial charge in [-0.3, -0.25) is 14.2 Å². The quantitative estimate of drug-likeness (QED) is 0.491. The topological polar surface area (TPSA) is 93.4 Å². The van der Waals surface area contributed by atoms with Gasteiger partial charge in [0.15, 0.2) is 16.3 Å². The third-order valence-corrected chi connectivity index (χ3v) is 7.30. The first-order valence-corrected chi connectivity index (χ1v) is 13.1. The molecule has 37 heavy (non-hydrogen) atoms. The number of aromatic hydroxyl groups is 1. The minimum atomic E-state index is -0.693. The summed E-state index contributed by atoms with van der Waals surface area (Å²) >= 11 is 1.25. The largest absolute Gasteiger partial charge is 0.504 e. The van der Waals surface area contributed by atoms with Crippen molar-refractivity contribution in [1.82, 2.24) is 9.47 Å². The number of rotatable bonds is 8. The number of carbonyl (C=O) groups is 1. The number of fused-ring (bicyclic) bond motifs is 1. The molecule has 1 aromatic heterocycles. The zero-order chi connectivity index (χ0) is 26.7. The Labute approximate surface area is 219 Å². The van der Waals surface area contributed by atoms with Gasteiger partial charge in [0.25, 0.3) is 11.5 Å². The van der Waals surface area contributed by atoms with E-state index < -0.39 is 6.04 Å². The Morgan fingerprint density at radius 3 is 2.57 bits per heavy atom. The van der Waals surface area contributed by atoms with Crippen molar-refractivity contribution in [3.05, 3.63) is 84.5 Å². The molecule has 3 aromatic rings. The number of aromatic nitrogens is 1. The second-order valence-corrected chi connectivity index (χ2v) is 9.47. The Balaban J connectivity index is 1.96. The van der Waals surface area contributed by atoms with Crippen LogP contribution in [-0.4, -0.2) is 47.3 Å². The summed E-state index contributed by atoms with van der Waals surface area (Å²) in [5.74, 6) is 0.809. The molecule has 0 fully saturated rings. The lowest BCUT2D eigenvalue weighted by atomic mass is 9.94. The SMILES string of the molecule is CCOc1cc(/C=c2/sc3n(c2=O)[C@H](c2ccccc2OC)C(C(=O)N(CC)CC)=C(C)N=3)ccc1O. The van der Waals surface area contributed by atoms with E-state index in [-0.39, 0.29) is 17.2 Å². The summed E-state index contributed by atoms with van der Waals surface area (Å²) in [6, 6.07) is 11.7. The molecule has 0 radical (unpaired) electrons. The van der Waals surface area contributed by atoms with Gasteiger partial charge in [-0.05, 0) is 57.5 Å². The highest BCUT2D eigenvalue weighted by Gasteiger charge is 2.35. The predicted molar refractivity (Wildman–Crippen MR) is 144 cm³/mol.